The number of esters is 1. The molecule has 3 nitrogen and oxygen atoms in total. The Morgan fingerprint density at radius 2 is 1.89 bits per heavy atom. The molecule has 0 amide bonds. The molecule has 0 aromatic rings. The first kappa shape index (κ1) is 16.6. The van der Waals surface area contributed by atoms with Crippen LogP contribution in [-0.4, -0.2) is 17.4 Å². The van der Waals surface area contributed by atoms with Crippen molar-refractivity contribution in [3.05, 3.63) is 23.8 Å². The third-order valence-electron chi connectivity index (χ3n) is 9.57. The van der Waals surface area contributed by atoms with Crippen LogP contribution in [-0.2, 0) is 14.3 Å². The molecule has 5 aliphatic carbocycles. The third-order valence-corrected chi connectivity index (χ3v) is 9.57. The summed E-state index contributed by atoms with van der Waals surface area (Å²) in [7, 11) is 0. The molecule has 0 aromatic heterocycles. The Morgan fingerprint density at radius 3 is 2.63 bits per heavy atom. The standard InChI is InChI=1S/C24H30O3/c1-23-9-6-18-17-5-4-16(25)12-15(17)13-19(14-2-3-14)22(18)20(23)7-10-24(23)11-8-21(26)27-24/h8,11-12,14,17-20,22H,2-7,9-10,13H2,1H3/t17?,18?,19?,20?,22?,23-,24?/m0/s1. The number of carbonyl (C=O) groups is 2. The molecule has 4 fully saturated rings. The smallest absolute Gasteiger partial charge is 0.331 e. The molecule has 7 atom stereocenters. The molecule has 3 heteroatoms. The molecule has 6 unspecified atom stereocenters. The summed E-state index contributed by atoms with van der Waals surface area (Å²) in [6, 6.07) is 0. The average Bonchev–Trinajstić information content (AvgIpc) is 3.36. The Labute approximate surface area is 161 Å². The maximum absolute atomic E-state index is 12.1. The van der Waals surface area contributed by atoms with Crippen LogP contribution in [0.1, 0.15) is 64.7 Å². The average molecular weight is 367 g/mol. The lowest BCUT2D eigenvalue weighted by molar-refractivity contribution is -0.163. The minimum absolute atomic E-state index is 0.0929. The van der Waals surface area contributed by atoms with Gasteiger partial charge in [0.25, 0.3) is 0 Å². The van der Waals surface area contributed by atoms with Gasteiger partial charge in [-0.3, -0.25) is 4.79 Å². The molecule has 1 aliphatic heterocycles. The maximum Gasteiger partial charge on any atom is 0.331 e. The summed E-state index contributed by atoms with van der Waals surface area (Å²) in [5, 5.41) is 0. The number of fused-ring (bicyclic) bond motifs is 6. The van der Waals surface area contributed by atoms with Gasteiger partial charge >= 0.3 is 5.97 Å². The van der Waals surface area contributed by atoms with Crippen molar-refractivity contribution < 1.29 is 14.3 Å². The third kappa shape index (κ3) is 2.15. The van der Waals surface area contributed by atoms with E-state index in [1.807, 2.05) is 6.08 Å². The fourth-order valence-electron chi connectivity index (χ4n) is 8.22. The minimum Gasteiger partial charge on any atom is -0.451 e. The van der Waals surface area contributed by atoms with Gasteiger partial charge in [0.2, 0.25) is 0 Å². The molecule has 144 valence electrons. The van der Waals surface area contributed by atoms with Crippen molar-refractivity contribution in [3.8, 4) is 0 Å². The topological polar surface area (TPSA) is 43.4 Å². The second-order valence-corrected chi connectivity index (χ2v) is 10.5. The number of hydrogen-bond acceptors (Lipinski definition) is 3. The quantitative estimate of drug-likeness (QED) is 0.636. The van der Waals surface area contributed by atoms with Crippen molar-refractivity contribution in [1.29, 1.82) is 0 Å². The predicted octanol–water partition coefficient (Wildman–Crippen LogP) is 4.62. The first-order chi connectivity index (χ1) is 13.0. The first-order valence-corrected chi connectivity index (χ1v) is 11.2. The lowest BCUT2D eigenvalue weighted by Crippen LogP contribution is -2.54. The molecule has 0 saturated heterocycles. The SMILES string of the molecule is C[C@]12CCC3C4CCC(=O)C=C4CC(C4CC4)C3C1CCC21C=CC(=O)O1. The van der Waals surface area contributed by atoms with Gasteiger partial charge in [-0.2, -0.15) is 0 Å². The van der Waals surface area contributed by atoms with E-state index in [0.717, 1.165) is 55.8 Å². The summed E-state index contributed by atoms with van der Waals surface area (Å²) in [4.78, 5) is 24.0. The Balaban J connectivity index is 1.40. The summed E-state index contributed by atoms with van der Waals surface area (Å²) >= 11 is 0. The van der Waals surface area contributed by atoms with E-state index in [9.17, 15) is 9.59 Å². The fraction of sp³-hybridized carbons (Fsp3) is 0.750. The summed E-state index contributed by atoms with van der Waals surface area (Å²) in [6.07, 6.45) is 16.2. The van der Waals surface area contributed by atoms with Crippen molar-refractivity contribution in [2.24, 2.45) is 40.9 Å². The molecular formula is C24H30O3. The Kier molecular flexibility index (Phi) is 3.29. The number of hydrogen-bond donors (Lipinski definition) is 0. The molecule has 1 heterocycles. The van der Waals surface area contributed by atoms with Crippen LogP contribution in [0, 0.1) is 40.9 Å². The first-order valence-electron chi connectivity index (χ1n) is 11.2. The van der Waals surface area contributed by atoms with Gasteiger partial charge in [0, 0.05) is 17.9 Å². The monoisotopic (exact) mass is 366 g/mol. The number of ketones is 1. The maximum atomic E-state index is 12.1. The Morgan fingerprint density at radius 1 is 1.04 bits per heavy atom. The van der Waals surface area contributed by atoms with Crippen LogP contribution in [0.3, 0.4) is 0 Å². The number of ether oxygens (including phenoxy) is 1. The fourth-order valence-corrected chi connectivity index (χ4v) is 8.22. The Hall–Kier alpha value is -1.38. The van der Waals surface area contributed by atoms with Gasteiger partial charge in [0.05, 0.1) is 0 Å². The second-order valence-electron chi connectivity index (χ2n) is 10.5. The molecule has 0 bridgehead atoms. The lowest BCUT2D eigenvalue weighted by atomic mass is 9.47. The van der Waals surface area contributed by atoms with E-state index in [-0.39, 0.29) is 17.0 Å². The van der Waals surface area contributed by atoms with Crippen LogP contribution in [0.25, 0.3) is 0 Å². The summed E-state index contributed by atoms with van der Waals surface area (Å²) < 4.78 is 5.99. The summed E-state index contributed by atoms with van der Waals surface area (Å²) in [6.45, 7) is 2.42. The van der Waals surface area contributed by atoms with Crippen LogP contribution in [0.2, 0.25) is 0 Å². The molecule has 0 aromatic carbocycles. The second kappa shape index (κ2) is 5.36. The predicted molar refractivity (Wildman–Crippen MR) is 102 cm³/mol. The Bertz CT molecular complexity index is 774. The summed E-state index contributed by atoms with van der Waals surface area (Å²) in [5.41, 5.74) is 1.25. The molecule has 4 saturated carbocycles. The van der Waals surface area contributed by atoms with Crippen molar-refractivity contribution in [1.82, 2.24) is 0 Å². The van der Waals surface area contributed by atoms with Gasteiger partial charge in [0.15, 0.2) is 5.78 Å². The van der Waals surface area contributed by atoms with Gasteiger partial charge in [-0.15, -0.1) is 0 Å². The van der Waals surface area contributed by atoms with E-state index < -0.39 is 0 Å². The molecule has 27 heavy (non-hydrogen) atoms. The largest absolute Gasteiger partial charge is 0.451 e. The highest BCUT2D eigenvalue weighted by Gasteiger charge is 2.66. The van der Waals surface area contributed by atoms with Crippen molar-refractivity contribution in [3.63, 3.8) is 0 Å². The summed E-state index contributed by atoms with van der Waals surface area (Å²) in [5.74, 6) is 4.66. The zero-order valence-corrected chi connectivity index (χ0v) is 16.3. The lowest BCUT2D eigenvalue weighted by Gasteiger charge is -2.58. The molecule has 0 N–H and O–H groups in total. The van der Waals surface area contributed by atoms with Gasteiger partial charge in [0.1, 0.15) is 5.60 Å². The van der Waals surface area contributed by atoms with E-state index in [4.69, 9.17) is 4.74 Å². The highest BCUT2D eigenvalue weighted by atomic mass is 16.6. The number of rotatable bonds is 1. The van der Waals surface area contributed by atoms with Crippen molar-refractivity contribution in [2.75, 3.05) is 0 Å². The molecule has 0 radical (unpaired) electrons. The highest BCUT2D eigenvalue weighted by molar-refractivity contribution is 5.91. The minimum atomic E-state index is -0.341. The zero-order valence-electron chi connectivity index (χ0n) is 16.3. The van der Waals surface area contributed by atoms with Crippen LogP contribution < -0.4 is 0 Å². The van der Waals surface area contributed by atoms with Gasteiger partial charge in [-0.05, 0) is 99.0 Å². The highest BCUT2D eigenvalue weighted by Crippen LogP contribution is 2.69. The molecule has 6 rings (SSSR count). The van der Waals surface area contributed by atoms with E-state index in [1.54, 1.807) is 6.08 Å². The van der Waals surface area contributed by atoms with Gasteiger partial charge in [-0.25, -0.2) is 4.79 Å². The van der Waals surface area contributed by atoms with E-state index in [1.165, 1.54) is 31.3 Å². The van der Waals surface area contributed by atoms with Crippen LogP contribution in [0.4, 0.5) is 0 Å². The number of carbonyl (C=O) groups excluding carboxylic acids is 2. The van der Waals surface area contributed by atoms with E-state index in [0.29, 0.717) is 17.6 Å². The van der Waals surface area contributed by atoms with Crippen LogP contribution in [0.15, 0.2) is 23.8 Å². The van der Waals surface area contributed by atoms with Crippen LogP contribution >= 0.6 is 0 Å². The zero-order chi connectivity index (χ0) is 18.4. The van der Waals surface area contributed by atoms with Crippen LogP contribution in [0.5, 0.6) is 0 Å². The van der Waals surface area contributed by atoms with Gasteiger partial charge in [-0.1, -0.05) is 12.5 Å². The normalized spacial score (nSPS) is 50.9. The number of allylic oxidation sites excluding steroid dienone is 1. The van der Waals surface area contributed by atoms with Crippen molar-refractivity contribution in [2.45, 2.75) is 70.3 Å². The molecular weight excluding hydrogens is 336 g/mol. The molecule has 6 aliphatic rings. The molecule has 1 spiro atoms. The van der Waals surface area contributed by atoms with Gasteiger partial charge < -0.3 is 4.74 Å². The van der Waals surface area contributed by atoms with Crippen molar-refractivity contribution >= 4 is 11.8 Å². The van der Waals surface area contributed by atoms with E-state index >= 15 is 0 Å². The van der Waals surface area contributed by atoms with E-state index in [2.05, 4.69) is 13.0 Å².